The van der Waals surface area contributed by atoms with E-state index in [9.17, 15) is 4.39 Å². The molecule has 0 bridgehead atoms. The van der Waals surface area contributed by atoms with Gasteiger partial charge in [-0.25, -0.2) is 4.39 Å². The summed E-state index contributed by atoms with van der Waals surface area (Å²) in [5.74, 6) is -0.336. The van der Waals surface area contributed by atoms with Crippen molar-refractivity contribution in [1.29, 1.82) is 0 Å². The third-order valence-electron chi connectivity index (χ3n) is 2.37. The Balaban J connectivity index is 2.37. The first-order valence-electron chi connectivity index (χ1n) is 5.06. The topological polar surface area (TPSA) is 26.0 Å². The molecule has 0 saturated heterocycles. The van der Waals surface area contributed by atoms with Crippen LogP contribution in [-0.2, 0) is 0 Å². The Bertz CT molecular complexity index is 557. The molecule has 0 aliphatic heterocycles. The van der Waals surface area contributed by atoms with Crippen molar-refractivity contribution in [3.8, 4) is 0 Å². The molecule has 0 heterocycles. The number of nitrogens with two attached hydrogens (primary N) is 1. The standard InChI is InChI=1S/C13H11BrFNS/c1-8-4-2-3-5-12(8)17-13-6-9(14)10(15)7-11(13)16/h2-7H,16H2,1H3. The predicted molar refractivity (Wildman–Crippen MR) is 73.8 cm³/mol. The van der Waals surface area contributed by atoms with Gasteiger partial charge in [0.25, 0.3) is 0 Å². The van der Waals surface area contributed by atoms with Crippen molar-refractivity contribution in [2.45, 2.75) is 16.7 Å². The second-order valence-electron chi connectivity index (χ2n) is 3.67. The molecule has 0 aliphatic carbocycles. The summed E-state index contributed by atoms with van der Waals surface area (Å²) in [4.78, 5) is 1.98. The first-order valence-corrected chi connectivity index (χ1v) is 6.67. The minimum Gasteiger partial charge on any atom is -0.398 e. The Labute approximate surface area is 112 Å². The second-order valence-corrected chi connectivity index (χ2v) is 5.61. The first-order chi connectivity index (χ1) is 8.08. The van der Waals surface area contributed by atoms with Gasteiger partial charge in [-0.2, -0.15) is 0 Å². The molecule has 0 aromatic heterocycles. The number of halogens is 2. The van der Waals surface area contributed by atoms with E-state index in [1.807, 2.05) is 31.2 Å². The molecule has 4 heteroatoms. The molecule has 0 spiro atoms. The van der Waals surface area contributed by atoms with Gasteiger partial charge in [0, 0.05) is 15.5 Å². The number of hydrogen-bond acceptors (Lipinski definition) is 2. The monoisotopic (exact) mass is 311 g/mol. The number of anilines is 1. The molecule has 2 rings (SSSR count). The predicted octanol–water partition coefficient (Wildman–Crippen LogP) is 4.63. The van der Waals surface area contributed by atoms with Crippen LogP contribution in [0.3, 0.4) is 0 Å². The van der Waals surface area contributed by atoms with Crippen molar-refractivity contribution in [3.05, 3.63) is 52.3 Å². The third-order valence-corrected chi connectivity index (χ3v) is 4.23. The van der Waals surface area contributed by atoms with Gasteiger partial charge in [0.15, 0.2) is 0 Å². The molecular formula is C13H11BrFNS. The Kier molecular flexibility index (Phi) is 3.74. The number of benzene rings is 2. The Morgan fingerprint density at radius 2 is 1.88 bits per heavy atom. The van der Waals surface area contributed by atoms with Gasteiger partial charge < -0.3 is 5.73 Å². The van der Waals surface area contributed by atoms with Crippen molar-refractivity contribution in [2.24, 2.45) is 0 Å². The van der Waals surface area contributed by atoms with Crippen LogP contribution >= 0.6 is 27.7 Å². The van der Waals surface area contributed by atoms with Gasteiger partial charge in [0.2, 0.25) is 0 Å². The van der Waals surface area contributed by atoms with Crippen LogP contribution in [-0.4, -0.2) is 0 Å². The van der Waals surface area contributed by atoms with Gasteiger partial charge in [0.1, 0.15) is 5.82 Å². The molecule has 0 atom stereocenters. The molecule has 1 nitrogen and oxygen atoms in total. The quantitative estimate of drug-likeness (QED) is 0.818. The van der Waals surface area contributed by atoms with E-state index in [1.165, 1.54) is 11.6 Å². The maximum absolute atomic E-state index is 13.2. The van der Waals surface area contributed by atoms with Crippen LogP contribution in [0.1, 0.15) is 5.56 Å². The summed E-state index contributed by atoms with van der Waals surface area (Å²) in [6.07, 6.45) is 0. The highest BCUT2D eigenvalue weighted by molar-refractivity contribution is 9.10. The van der Waals surface area contributed by atoms with Crippen LogP contribution in [0.5, 0.6) is 0 Å². The Hall–Kier alpha value is -1.00. The van der Waals surface area contributed by atoms with Crippen LogP contribution in [0.2, 0.25) is 0 Å². The van der Waals surface area contributed by atoms with Gasteiger partial charge in [-0.05, 0) is 46.6 Å². The summed E-state index contributed by atoms with van der Waals surface area (Å²) in [7, 11) is 0. The second kappa shape index (κ2) is 5.10. The summed E-state index contributed by atoms with van der Waals surface area (Å²) < 4.78 is 13.7. The van der Waals surface area contributed by atoms with E-state index in [-0.39, 0.29) is 5.82 Å². The van der Waals surface area contributed by atoms with Crippen LogP contribution in [0.15, 0.2) is 50.7 Å². The number of rotatable bonds is 2. The van der Waals surface area contributed by atoms with Gasteiger partial charge in [-0.1, -0.05) is 30.0 Å². The SMILES string of the molecule is Cc1ccccc1Sc1cc(Br)c(F)cc1N. The van der Waals surface area contributed by atoms with Crippen LogP contribution in [0, 0.1) is 12.7 Å². The Morgan fingerprint density at radius 1 is 1.18 bits per heavy atom. The average molecular weight is 312 g/mol. The van der Waals surface area contributed by atoms with Gasteiger partial charge >= 0.3 is 0 Å². The zero-order valence-corrected chi connectivity index (χ0v) is 11.6. The minimum atomic E-state index is -0.336. The normalized spacial score (nSPS) is 10.5. The van der Waals surface area contributed by atoms with Gasteiger partial charge in [0.05, 0.1) is 4.47 Å². The molecule has 2 N–H and O–H groups in total. The van der Waals surface area contributed by atoms with Crippen molar-refractivity contribution in [3.63, 3.8) is 0 Å². The fourth-order valence-electron chi connectivity index (χ4n) is 1.42. The molecule has 2 aromatic carbocycles. The lowest BCUT2D eigenvalue weighted by molar-refractivity contribution is 0.620. The lowest BCUT2D eigenvalue weighted by atomic mass is 10.2. The fraction of sp³-hybridized carbons (Fsp3) is 0.0769. The fourth-order valence-corrected chi connectivity index (χ4v) is 2.88. The summed E-state index contributed by atoms with van der Waals surface area (Å²) in [6, 6.07) is 11.1. The number of hydrogen-bond donors (Lipinski definition) is 1. The lowest BCUT2D eigenvalue weighted by Crippen LogP contribution is -1.91. The van der Waals surface area contributed by atoms with E-state index < -0.39 is 0 Å². The molecule has 0 amide bonds. The summed E-state index contributed by atoms with van der Waals surface area (Å²) in [5, 5.41) is 0. The summed E-state index contributed by atoms with van der Waals surface area (Å²) in [6.45, 7) is 2.04. The van der Waals surface area contributed by atoms with Crippen LogP contribution < -0.4 is 5.73 Å². The zero-order chi connectivity index (χ0) is 12.4. The van der Waals surface area contributed by atoms with E-state index in [0.29, 0.717) is 10.2 Å². The van der Waals surface area contributed by atoms with E-state index in [2.05, 4.69) is 15.9 Å². The lowest BCUT2D eigenvalue weighted by Gasteiger charge is -2.08. The highest BCUT2D eigenvalue weighted by Crippen LogP contribution is 2.36. The number of nitrogen functional groups attached to an aromatic ring is 1. The molecule has 17 heavy (non-hydrogen) atoms. The smallest absolute Gasteiger partial charge is 0.139 e. The summed E-state index contributed by atoms with van der Waals surface area (Å²) in [5.41, 5.74) is 7.44. The molecule has 0 radical (unpaired) electrons. The molecule has 88 valence electrons. The summed E-state index contributed by atoms with van der Waals surface area (Å²) >= 11 is 4.71. The van der Waals surface area contributed by atoms with Crippen molar-refractivity contribution < 1.29 is 4.39 Å². The first kappa shape index (κ1) is 12.5. The zero-order valence-electron chi connectivity index (χ0n) is 9.21. The Morgan fingerprint density at radius 3 is 2.59 bits per heavy atom. The molecule has 0 aliphatic rings. The van der Waals surface area contributed by atoms with Crippen molar-refractivity contribution in [1.82, 2.24) is 0 Å². The average Bonchev–Trinajstić information content (AvgIpc) is 2.29. The maximum atomic E-state index is 13.2. The largest absolute Gasteiger partial charge is 0.398 e. The minimum absolute atomic E-state index is 0.336. The van der Waals surface area contributed by atoms with Crippen molar-refractivity contribution in [2.75, 3.05) is 5.73 Å². The molecule has 0 fully saturated rings. The molecule has 0 saturated carbocycles. The van der Waals surface area contributed by atoms with E-state index in [1.54, 1.807) is 17.8 Å². The number of aryl methyl sites for hydroxylation is 1. The highest BCUT2D eigenvalue weighted by atomic mass is 79.9. The van der Waals surface area contributed by atoms with Crippen LogP contribution in [0.25, 0.3) is 0 Å². The van der Waals surface area contributed by atoms with E-state index in [4.69, 9.17) is 5.73 Å². The van der Waals surface area contributed by atoms with E-state index >= 15 is 0 Å². The van der Waals surface area contributed by atoms with Gasteiger partial charge in [-0.15, -0.1) is 0 Å². The van der Waals surface area contributed by atoms with E-state index in [0.717, 1.165) is 9.79 Å². The highest BCUT2D eigenvalue weighted by Gasteiger charge is 2.08. The molecular weight excluding hydrogens is 301 g/mol. The third kappa shape index (κ3) is 2.82. The molecule has 2 aromatic rings. The molecule has 0 unspecified atom stereocenters. The van der Waals surface area contributed by atoms with Crippen LogP contribution in [0.4, 0.5) is 10.1 Å². The van der Waals surface area contributed by atoms with Gasteiger partial charge in [-0.3, -0.25) is 0 Å². The van der Waals surface area contributed by atoms with Crippen molar-refractivity contribution >= 4 is 33.4 Å². The maximum Gasteiger partial charge on any atom is 0.139 e.